The Morgan fingerprint density at radius 2 is 1.96 bits per heavy atom. The molecule has 0 fully saturated rings. The van der Waals surface area contributed by atoms with Gasteiger partial charge in [0, 0.05) is 36.0 Å². The van der Waals surface area contributed by atoms with E-state index >= 15 is 0 Å². The average Bonchev–Trinajstić information content (AvgIpc) is 2.85. The molecule has 0 amide bonds. The zero-order valence-electron chi connectivity index (χ0n) is 12.4. The molecule has 0 saturated heterocycles. The van der Waals surface area contributed by atoms with Gasteiger partial charge in [-0.2, -0.15) is 5.10 Å². The zero-order valence-corrected chi connectivity index (χ0v) is 12.4. The van der Waals surface area contributed by atoms with E-state index in [0.29, 0.717) is 22.1 Å². The van der Waals surface area contributed by atoms with Crippen molar-refractivity contribution in [3.05, 3.63) is 47.8 Å². The highest BCUT2D eigenvalue weighted by Crippen LogP contribution is 2.33. The van der Waals surface area contributed by atoms with Crippen LogP contribution in [0.25, 0.3) is 33.2 Å². The molecule has 7 heteroatoms. The molecule has 23 heavy (non-hydrogen) atoms. The van der Waals surface area contributed by atoms with E-state index in [1.807, 2.05) is 13.0 Å². The predicted molar refractivity (Wildman–Crippen MR) is 81.7 cm³/mol. The van der Waals surface area contributed by atoms with Crippen LogP contribution >= 0.6 is 0 Å². The van der Waals surface area contributed by atoms with Crippen LogP contribution in [0.1, 0.15) is 5.69 Å². The SMILES string of the molecule is Cc1ncccc1-c1nn(C)c2nnc3c(F)cc(F)cc3c12. The third-order valence-electron chi connectivity index (χ3n) is 3.82. The van der Waals surface area contributed by atoms with Gasteiger partial charge in [0.2, 0.25) is 0 Å². The lowest BCUT2D eigenvalue weighted by atomic mass is 10.0. The number of rotatable bonds is 1. The molecule has 4 rings (SSSR count). The second-order valence-electron chi connectivity index (χ2n) is 5.29. The number of aromatic nitrogens is 5. The Morgan fingerprint density at radius 3 is 2.74 bits per heavy atom. The second kappa shape index (κ2) is 4.77. The van der Waals surface area contributed by atoms with Crippen molar-refractivity contribution in [2.24, 2.45) is 7.05 Å². The molecule has 0 atom stereocenters. The van der Waals surface area contributed by atoms with E-state index in [-0.39, 0.29) is 5.52 Å². The molecule has 1 aromatic carbocycles. The maximum atomic E-state index is 14.0. The van der Waals surface area contributed by atoms with Gasteiger partial charge in [0.15, 0.2) is 11.5 Å². The number of hydrogen-bond acceptors (Lipinski definition) is 4. The summed E-state index contributed by atoms with van der Waals surface area (Å²) < 4.78 is 29.3. The lowest BCUT2D eigenvalue weighted by molar-refractivity contribution is 0.589. The average molecular weight is 311 g/mol. The lowest BCUT2D eigenvalue weighted by Gasteiger charge is -2.04. The van der Waals surface area contributed by atoms with E-state index in [1.54, 1.807) is 24.0 Å². The van der Waals surface area contributed by atoms with Gasteiger partial charge in [-0.05, 0) is 25.1 Å². The molecule has 114 valence electrons. The molecule has 0 saturated carbocycles. The molecule has 0 radical (unpaired) electrons. The Kier molecular flexibility index (Phi) is 2.84. The summed E-state index contributed by atoms with van der Waals surface area (Å²) >= 11 is 0. The molecular formula is C16H11F2N5. The fraction of sp³-hybridized carbons (Fsp3) is 0.125. The highest BCUT2D eigenvalue weighted by atomic mass is 19.1. The van der Waals surface area contributed by atoms with E-state index in [9.17, 15) is 8.78 Å². The predicted octanol–water partition coefficient (Wildman–Crippen LogP) is 3.17. The van der Waals surface area contributed by atoms with Crippen LogP contribution in [0.3, 0.4) is 0 Å². The van der Waals surface area contributed by atoms with Crippen LogP contribution in [0.5, 0.6) is 0 Å². The maximum absolute atomic E-state index is 14.0. The molecule has 0 aliphatic carbocycles. The first-order chi connectivity index (χ1) is 11.1. The lowest BCUT2D eigenvalue weighted by Crippen LogP contribution is -1.95. The largest absolute Gasteiger partial charge is 0.261 e. The maximum Gasteiger partial charge on any atom is 0.181 e. The Labute approximate surface area is 129 Å². The summed E-state index contributed by atoms with van der Waals surface area (Å²) in [6, 6.07) is 5.72. The van der Waals surface area contributed by atoms with Gasteiger partial charge in [-0.15, -0.1) is 10.2 Å². The van der Waals surface area contributed by atoms with Crippen molar-refractivity contribution in [3.63, 3.8) is 0 Å². The topological polar surface area (TPSA) is 56.5 Å². The highest BCUT2D eigenvalue weighted by Gasteiger charge is 2.19. The Bertz CT molecular complexity index is 1070. The normalized spacial score (nSPS) is 11.5. The molecule has 0 unspecified atom stereocenters. The summed E-state index contributed by atoms with van der Waals surface area (Å²) in [6.45, 7) is 1.85. The van der Waals surface area contributed by atoms with E-state index < -0.39 is 11.6 Å². The van der Waals surface area contributed by atoms with Crippen molar-refractivity contribution in [1.82, 2.24) is 25.0 Å². The monoisotopic (exact) mass is 311 g/mol. The minimum atomic E-state index is -0.743. The third-order valence-corrected chi connectivity index (χ3v) is 3.82. The Hall–Kier alpha value is -2.96. The first-order valence-corrected chi connectivity index (χ1v) is 6.96. The van der Waals surface area contributed by atoms with E-state index in [0.717, 1.165) is 17.3 Å². The molecule has 0 aliphatic heterocycles. The van der Waals surface area contributed by atoms with Crippen LogP contribution < -0.4 is 0 Å². The van der Waals surface area contributed by atoms with Gasteiger partial charge in [0.25, 0.3) is 0 Å². The summed E-state index contributed by atoms with van der Waals surface area (Å²) in [5, 5.41) is 13.3. The summed E-state index contributed by atoms with van der Waals surface area (Å²) in [4.78, 5) is 4.25. The molecule has 3 aromatic heterocycles. The van der Waals surface area contributed by atoms with Crippen molar-refractivity contribution in [3.8, 4) is 11.3 Å². The summed E-state index contributed by atoms with van der Waals surface area (Å²) in [5.74, 6) is -1.41. The van der Waals surface area contributed by atoms with Gasteiger partial charge >= 0.3 is 0 Å². The van der Waals surface area contributed by atoms with Crippen molar-refractivity contribution in [2.45, 2.75) is 6.92 Å². The first-order valence-electron chi connectivity index (χ1n) is 6.96. The number of fused-ring (bicyclic) bond motifs is 3. The van der Waals surface area contributed by atoms with E-state index in [1.165, 1.54) is 6.07 Å². The van der Waals surface area contributed by atoms with Gasteiger partial charge in [-0.3, -0.25) is 4.98 Å². The van der Waals surface area contributed by atoms with Crippen molar-refractivity contribution < 1.29 is 8.78 Å². The van der Waals surface area contributed by atoms with Crippen molar-refractivity contribution in [2.75, 3.05) is 0 Å². The molecular weight excluding hydrogens is 300 g/mol. The Balaban J connectivity index is 2.22. The van der Waals surface area contributed by atoms with Crippen LogP contribution in [0.4, 0.5) is 8.78 Å². The molecule has 0 N–H and O–H groups in total. The molecule has 0 bridgehead atoms. The van der Waals surface area contributed by atoms with Gasteiger partial charge < -0.3 is 0 Å². The van der Waals surface area contributed by atoms with E-state index in [2.05, 4.69) is 20.3 Å². The quantitative estimate of drug-likeness (QED) is 0.542. The van der Waals surface area contributed by atoms with Crippen LogP contribution in [0.2, 0.25) is 0 Å². The summed E-state index contributed by atoms with van der Waals surface area (Å²) in [7, 11) is 1.72. The highest BCUT2D eigenvalue weighted by molar-refractivity contribution is 6.09. The van der Waals surface area contributed by atoms with Crippen molar-refractivity contribution >= 4 is 21.9 Å². The number of nitrogens with zero attached hydrogens (tertiary/aromatic N) is 5. The van der Waals surface area contributed by atoms with Gasteiger partial charge in [-0.1, -0.05) is 0 Å². The van der Waals surface area contributed by atoms with Crippen LogP contribution in [0, 0.1) is 18.6 Å². The standard InChI is InChI=1S/C16H11F2N5/c1-8-10(4-3-5-19-8)15-13-11-6-9(17)7-12(18)14(11)20-21-16(13)23(2)22-15/h3-7H,1-2H3. The fourth-order valence-corrected chi connectivity index (χ4v) is 2.76. The molecule has 0 aliphatic rings. The number of aryl methyl sites for hydroxylation is 2. The third kappa shape index (κ3) is 1.97. The molecule has 5 nitrogen and oxygen atoms in total. The first kappa shape index (κ1) is 13.7. The number of benzene rings is 1. The molecule has 4 aromatic rings. The van der Waals surface area contributed by atoms with Crippen LogP contribution in [-0.4, -0.2) is 25.0 Å². The fourth-order valence-electron chi connectivity index (χ4n) is 2.76. The number of hydrogen-bond donors (Lipinski definition) is 0. The van der Waals surface area contributed by atoms with Gasteiger partial charge in [-0.25, -0.2) is 13.5 Å². The molecule has 0 spiro atoms. The van der Waals surface area contributed by atoms with Crippen LogP contribution in [-0.2, 0) is 7.05 Å². The second-order valence-corrected chi connectivity index (χ2v) is 5.29. The zero-order chi connectivity index (χ0) is 16.1. The van der Waals surface area contributed by atoms with E-state index in [4.69, 9.17) is 0 Å². The number of pyridine rings is 1. The minimum absolute atomic E-state index is 0.0229. The summed E-state index contributed by atoms with van der Waals surface area (Å²) in [5.41, 5.74) is 2.62. The Morgan fingerprint density at radius 1 is 1.13 bits per heavy atom. The van der Waals surface area contributed by atoms with Gasteiger partial charge in [0.1, 0.15) is 17.0 Å². The van der Waals surface area contributed by atoms with Crippen molar-refractivity contribution in [1.29, 1.82) is 0 Å². The molecule has 3 heterocycles. The summed E-state index contributed by atoms with van der Waals surface area (Å²) in [6.07, 6.45) is 1.68. The smallest absolute Gasteiger partial charge is 0.181 e. The minimum Gasteiger partial charge on any atom is -0.261 e. The number of halogens is 2. The van der Waals surface area contributed by atoms with Gasteiger partial charge in [0.05, 0.1) is 5.39 Å². The van der Waals surface area contributed by atoms with Crippen LogP contribution in [0.15, 0.2) is 30.5 Å².